The molecule has 1 N–H and O–H groups in total. The number of aliphatic hydroxyl groups is 1. The van der Waals surface area contributed by atoms with Gasteiger partial charge in [0.1, 0.15) is 0 Å². The molecular formula is C13H21NOS. The minimum Gasteiger partial charge on any atom is -0.393 e. The molecule has 1 heterocycles. The van der Waals surface area contributed by atoms with Crippen LogP contribution in [0.5, 0.6) is 0 Å². The van der Waals surface area contributed by atoms with E-state index in [9.17, 15) is 5.11 Å². The van der Waals surface area contributed by atoms with Crippen molar-refractivity contribution in [3.05, 3.63) is 16.6 Å². The van der Waals surface area contributed by atoms with E-state index in [1.807, 2.05) is 11.6 Å². The largest absolute Gasteiger partial charge is 0.393 e. The quantitative estimate of drug-likeness (QED) is 0.854. The molecule has 0 aromatic carbocycles. The molecular weight excluding hydrogens is 218 g/mol. The van der Waals surface area contributed by atoms with Crippen molar-refractivity contribution in [3.63, 3.8) is 0 Å². The first-order chi connectivity index (χ1) is 7.84. The molecule has 0 bridgehead atoms. The standard InChI is InChI=1S/C13H21NOS/c15-12(10-13-14-8-9-16-13)7-6-11-4-2-1-3-5-11/h8-9,11-12,15H,1-7,10H2. The van der Waals surface area contributed by atoms with E-state index >= 15 is 0 Å². The smallest absolute Gasteiger partial charge is 0.0950 e. The third-order valence-electron chi connectivity index (χ3n) is 3.53. The molecule has 2 nitrogen and oxygen atoms in total. The Bertz CT molecular complexity index is 280. The minimum atomic E-state index is -0.187. The molecule has 90 valence electrons. The summed E-state index contributed by atoms with van der Waals surface area (Å²) in [6.45, 7) is 0. The Morgan fingerprint density at radius 3 is 2.88 bits per heavy atom. The summed E-state index contributed by atoms with van der Waals surface area (Å²) < 4.78 is 0. The molecule has 0 aliphatic heterocycles. The number of aliphatic hydroxyl groups excluding tert-OH is 1. The number of rotatable bonds is 5. The minimum absolute atomic E-state index is 0.187. The van der Waals surface area contributed by atoms with E-state index in [2.05, 4.69) is 4.98 Å². The summed E-state index contributed by atoms with van der Waals surface area (Å²) in [5.74, 6) is 0.875. The second kappa shape index (κ2) is 6.36. The molecule has 1 atom stereocenters. The Morgan fingerprint density at radius 1 is 1.38 bits per heavy atom. The van der Waals surface area contributed by atoms with Crippen molar-refractivity contribution in [1.29, 1.82) is 0 Å². The Kier molecular flexibility index (Phi) is 4.79. The van der Waals surface area contributed by atoms with Crippen LogP contribution < -0.4 is 0 Å². The van der Waals surface area contributed by atoms with Crippen LogP contribution in [0.25, 0.3) is 0 Å². The first kappa shape index (κ1) is 12.1. The summed E-state index contributed by atoms with van der Waals surface area (Å²) in [5, 5.41) is 13.0. The van der Waals surface area contributed by atoms with Crippen molar-refractivity contribution in [1.82, 2.24) is 4.98 Å². The van der Waals surface area contributed by atoms with Gasteiger partial charge in [0.05, 0.1) is 11.1 Å². The Balaban J connectivity index is 1.65. The van der Waals surface area contributed by atoms with Crippen LogP contribution in [-0.2, 0) is 6.42 Å². The molecule has 0 radical (unpaired) electrons. The zero-order chi connectivity index (χ0) is 11.2. The van der Waals surface area contributed by atoms with Crippen molar-refractivity contribution in [2.45, 2.75) is 57.5 Å². The maximum absolute atomic E-state index is 9.92. The molecule has 1 aliphatic carbocycles. The van der Waals surface area contributed by atoms with Gasteiger partial charge in [-0.25, -0.2) is 4.98 Å². The fraction of sp³-hybridized carbons (Fsp3) is 0.769. The number of nitrogens with zero attached hydrogens (tertiary/aromatic N) is 1. The van der Waals surface area contributed by atoms with Gasteiger partial charge in [-0.2, -0.15) is 0 Å². The van der Waals surface area contributed by atoms with E-state index in [0.717, 1.165) is 23.8 Å². The van der Waals surface area contributed by atoms with Gasteiger partial charge in [0, 0.05) is 18.0 Å². The third-order valence-corrected chi connectivity index (χ3v) is 4.33. The number of thiazole rings is 1. The van der Waals surface area contributed by atoms with Crippen LogP contribution in [0, 0.1) is 5.92 Å². The molecule has 1 fully saturated rings. The van der Waals surface area contributed by atoms with Crippen LogP contribution in [-0.4, -0.2) is 16.2 Å². The lowest BCUT2D eigenvalue weighted by Crippen LogP contribution is -2.14. The summed E-state index contributed by atoms with van der Waals surface area (Å²) in [5.41, 5.74) is 0. The van der Waals surface area contributed by atoms with E-state index in [1.165, 1.54) is 38.5 Å². The van der Waals surface area contributed by atoms with Crippen LogP contribution in [0.3, 0.4) is 0 Å². The van der Waals surface area contributed by atoms with Gasteiger partial charge in [-0.1, -0.05) is 32.1 Å². The summed E-state index contributed by atoms with van der Waals surface area (Å²) in [4.78, 5) is 4.21. The van der Waals surface area contributed by atoms with Gasteiger partial charge >= 0.3 is 0 Å². The van der Waals surface area contributed by atoms with Crippen LogP contribution in [0.1, 0.15) is 50.0 Å². The molecule has 3 heteroatoms. The van der Waals surface area contributed by atoms with Crippen LogP contribution in [0.15, 0.2) is 11.6 Å². The van der Waals surface area contributed by atoms with E-state index in [4.69, 9.17) is 0 Å². The van der Waals surface area contributed by atoms with Crippen LogP contribution in [0.4, 0.5) is 0 Å². The normalized spacial score (nSPS) is 19.8. The monoisotopic (exact) mass is 239 g/mol. The average Bonchev–Trinajstić information content (AvgIpc) is 2.81. The highest BCUT2D eigenvalue weighted by Crippen LogP contribution is 2.28. The van der Waals surface area contributed by atoms with Crippen molar-refractivity contribution in [2.75, 3.05) is 0 Å². The molecule has 1 aromatic heterocycles. The zero-order valence-corrected chi connectivity index (χ0v) is 10.6. The molecule has 0 spiro atoms. The van der Waals surface area contributed by atoms with Crippen LogP contribution >= 0.6 is 11.3 Å². The highest BCUT2D eigenvalue weighted by molar-refractivity contribution is 7.09. The van der Waals surface area contributed by atoms with Gasteiger partial charge in [-0.3, -0.25) is 0 Å². The SMILES string of the molecule is OC(CCC1CCCCC1)Cc1nccs1. The number of hydrogen-bond donors (Lipinski definition) is 1. The van der Waals surface area contributed by atoms with Gasteiger partial charge < -0.3 is 5.11 Å². The summed E-state index contributed by atoms with van der Waals surface area (Å²) in [7, 11) is 0. The van der Waals surface area contributed by atoms with Gasteiger partial charge in [-0.15, -0.1) is 11.3 Å². The average molecular weight is 239 g/mol. The summed E-state index contributed by atoms with van der Waals surface area (Å²) >= 11 is 1.64. The molecule has 0 saturated heterocycles. The maximum atomic E-state index is 9.92. The molecule has 1 aromatic rings. The maximum Gasteiger partial charge on any atom is 0.0950 e. The highest BCUT2D eigenvalue weighted by Gasteiger charge is 2.15. The number of hydrogen-bond acceptors (Lipinski definition) is 3. The predicted octanol–water partition coefficient (Wildman–Crippen LogP) is 3.41. The van der Waals surface area contributed by atoms with Crippen molar-refractivity contribution in [3.8, 4) is 0 Å². The molecule has 1 unspecified atom stereocenters. The fourth-order valence-corrected chi connectivity index (χ4v) is 3.25. The lowest BCUT2D eigenvalue weighted by atomic mass is 9.85. The van der Waals surface area contributed by atoms with Crippen molar-refractivity contribution >= 4 is 11.3 Å². The Labute approximate surface area is 102 Å². The van der Waals surface area contributed by atoms with E-state index in [-0.39, 0.29) is 6.10 Å². The molecule has 0 amide bonds. The summed E-state index contributed by atoms with van der Waals surface area (Å²) in [6.07, 6.45) is 11.5. The number of aromatic nitrogens is 1. The topological polar surface area (TPSA) is 33.1 Å². The predicted molar refractivity (Wildman–Crippen MR) is 67.6 cm³/mol. The zero-order valence-electron chi connectivity index (χ0n) is 9.77. The second-order valence-electron chi connectivity index (χ2n) is 4.87. The lowest BCUT2D eigenvalue weighted by molar-refractivity contribution is 0.149. The molecule has 1 aliphatic rings. The summed E-state index contributed by atoms with van der Waals surface area (Å²) in [6, 6.07) is 0. The Hall–Kier alpha value is -0.410. The molecule has 16 heavy (non-hydrogen) atoms. The van der Waals surface area contributed by atoms with E-state index < -0.39 is 0 Å². The molecule has 2 rings (SSSR count). The van der Waals surface area contributed by atoms with Crippen molar-refractivity contribution < 1.29 is 5.11 Å². The fourth-order valence-electron chi connectivity index (χ4n) is 2.56. The first-order valence-corrected chi connectivity index (χ1v) is 7.29. The first-order valence-electron chi connectivity index (χ1n) is 6.41. The van der Waals surface area contributed by atoms with Gasteiger partial charge in [0.2, 0.25) is 0 Å². The van der Waals surface area contributed by atoms with Gasteiger partial charge in [0.25, 0.3) is 0 Å². The van der Waals surface area contributed by atoms with Gasteiger partial charge in [-0.05, 0) is 18.8 Å². The lowest BCUT2D eigenvalue weighted by Gasteiger charge is -2.22. The van der Waals surface area contributed by atoms with Crippen LogP contribution in [0.2, 0.25) is 0 Å². The second-order valence-corrected chi connectivity index (χ2v) is 5.84. The van der Waals surface area contributed by atoms with Crippen molar-refractivity contribution in [2.24, 2.45) is 5.92 Å². The van der Waals surface area contributed by atoms with E-state index in [1.54, 1.807) is 11.3 Å². The molecule has 1 saturated carbocycles. The third kappa shape index (κ3) is 3.87. The van der Waals surface area contributed by atoms with Gasteiger partial charge in [0.15, 0.2) is 0 Å². The Morgan fingerprint density at radius 2 is 2.19 bits per heavy atom. The van der Waals surface area contributed by atoms with E-state index in [0.29, 0.717) is 0 Å². The highest BCUT2D eigenvalue weighted by atomic mass is 32.1.